The van der Waals surface area contributed by atoms with E-state index >= 15 is 0 Å². The van der Waals surface area contributed by atoms with Crippen LogP contribution in [-0.4, -0.2) is 76.7 Å². The van der Waals surface area contributed by atoms with Gasteiger partial charge in [0.2, 0.25) is 0 Å². The number of carbonyl (C=O) groups is 4. The van der Waals surface area contributed by atoms with Gasteiger partial charge in [-0.15, -0.1) is 0 Å². The molecule has 0 aromatic heterocycles. The molecular formula is C44H40O12. The highest BCUT2D eigenvalue weighted by Crippen LogP contribution is 2.12. The van der Waals surface area contributed by atoms with Crippen LogP contribution >= 0.6 is 0 Å². The van der Waals surface area contributed by atoms with Gasteiger partial charge in [-0.1, -0.05) is 97.1 Å². The van der Waals surface area contributed by atoms with E-state index in [0.29, 0.717) is 23.0 Å². The lowest BCUT2D eigenvalue weighted by Crippen LogP contribution is -2.29. The Morgan fingerprint density at radius 2 is 0.500 bits per heavy atom. The number of ether oxygens (including phenoxy) is 8. The summed E-state index contributed by atoms with van der Waals surface area (Å²) in [4.78, 5) is 53.4. The summed E-state index contributed by atoms with van der Waals surface area (Å²) in [6.45, 7) is -0.577. The van der Waals surface area contributed by atoms with Crippen LogP contribution in [0.4, 0.5) is 0 Å². The average Bonchev–Trinajstić information content (AvgIpc) is 3.24. The highest BCUT2D eigenvalue weighted by Gasteiger charge is 2.25. The quantitative estimate of drug-likeness (QED) is 0.0478. The third-order valence-electron chi connectivity index (χ3n) is 7.59. The lowest BCUT2D eigenvalue weighted by Gasteiger charge is -2.11. The van der Waals surface area contributed by atoms with E-state index in [0.717, 1.165) is 0 Å². The van der Waals surface area contributed by atoms with Crippen LogP contribution in [0, 0.1) is 0 Å². The topological polar surface area (TPSA) is 142 Å². The number of hydrogen-bond donors (Lipinski definition) is 0. The van der Waals surface area contributed by atoms with Crippen LogP contribution < -0.4 is 29.4 Å². The summed E-state index contributed by atoms with van der Waals surface area (Å²) >= 11 is 0. The Balaban J connectivity index is 1.34. The Bertz CT molecular complexity index is 1820. The van der Waals surface area contributed by atoms with Gasteiger partial charge in [-0.3, -0.25) is 0 Å². The largest absolute Gasteiger partial charge is 0.490 e. The number of para-hydroxylation sites is 4. The molecule has 0 aliphatic carbocycles. The van der Waals surface area contributed by atoms with E-state index in [1.54, 1.807) is 97.1 Å². The first kappa shape index (κ1) is 40.1. The predicted molar refractivity (Wildman–Crippen MR) is 204 cm³/mol. The molecule has 0 spiro atoms. The van der Waals surface area contributed by atoms with Crippen molar-refractivity contribution in [3.05, 3.63) is 156 Å². The van der Waals surface area contributed by atoms with Crippen molar-refractivity contribution in [1.29, 1.82) is 0 Å². The first-order valence-corrected chi connectivity index (χ1v) is 17.7. The fourth-order valence-corrected chi connectivity index (χ4v) is 4.97. The molecule has 0 unspecified atom stereocenters. The smallest absolute Gasteiger partial charge is 0.346 e. The molecule has 12 nitrogen and oxygen atoms in total. The summed E-state index contributed by atoms with van der Waals surface area (Å²) in [5.74, 6) is -1.55. The van der Waals surface area contributed by atoms with Gasteiger partial charge < -0.3 is 37.9 Å². The molecule has 0 heterocycles. The van der Waals surface area contributed by atoms with Gasteiger partial charge in [-0.05, 0) is 59.0 Å². The van der Waals surface area contributed by atoms with Gasteiger partial charge in [0.1, 0.15) is 75.9 Å². The predicted octanol–water partition coefficient (Wildman–Crippen LogP) is 4.48. The molecule has 0 saturated heterocycles. The van der Waals surface area contributed by atoms with Crippen molar-refractivity contribution in [2.75, 3.05) is 52.9 Å². The van der Waals surface area contributed by atoms with Gasteiger partial charge in [-0.25, -0.2) is 19.2 Å². The van der Waals surface area contributed by atoms with Gasteiger partial charge in [0.05, 0.1) is 0 Å². The molecule has 0 N–H and O–H groups in total. The van der Waals surface area contributed by atoms with Crippen LogP contribution in [0.3, 0.4) is 0 Å². The van der Waals surface area contributed by atoms with E-state index in [1.165, 1.54) is 24.3 Å². The average molecular weight is 761 g/mol. The minimum absolute atomic E-state index is 0.0251. The molecular weight excluding hydrogens is 720 g/mol. The lowest BCUT2D eigenvalue weighted by atomic mass is 10.1. The fourth-order valence-electron chi connectivity index (χ4n) is 4.97. The van der Waals surface area contributed by atoms with E-state index in [4.69, 9.17) is 37.9 Å². The van der Waals surface area contributed by atoms with Crippen molar-refractivity contribution in [3.63, 3.8) is 0 Å². The second-order valence-corrected chi connectivity index (χ2v) is 11.5. The van der Waals surface area contributed by atoms with E-state index in [2.05, 4.69) is 0 Å². The van der Waals surface area contributed by atoms with E-state index in [-0.39, 0.29) is 63.3 Å². The van der Waals surface area contributed by atoms with Crippen molar-refractivity contribution in [2.24, 2.45) is 0 Å². The maximum absolute atomic E-state index is 13.4. The van der Waals surface area contributed by atoms with Crippen LogP contribution in [0.25, 0.3) is 11.1 Å². The molecule has 0 saturated carbocycles. The van der Waals surface area contributed by atoms with Gasteiger partial charge in [-0.2, -0.15) is 0 Å². The summed E-state index contributed by atoms with van der Waals surface area (Å²) in [5, 5.41) is 0.204. The first-order chi connectivity index (χ1) is 27.5. The van der Waals surface area contributed by atoms with Crippen molar-refractivity contribution in [1.82, 2.24) is 0 Å². The van der Waals surface area contributed by atoms with Crippen molar-refractivity contribution >= 4 is 35.0 Å². The summed E-state index contributed by atoms with van der Waals surface area (Å²) in [6, 6.07) is 41.3. The summed E-state index contributed by atoms with van der Waals surface area (Å²) in [7, 11) is 0. The maximum atomic E-state index is 13.4. The van der Waals surface area contributed by atoms with Crippen molar-refractivity contribution < 1.29 is 57.1 Å². The molecule has 0 bridgehead atoms. The zero-order valence-corrected chi connectivity index (χ0v) is 30.4. The van der Waals surface area contributed by atoms with Crippen LogP contribution in [-0.2, 0) is 38.1 Å². The third kappa shape index (κ3) is 13.1. The van der Waals surface area contributed by atoms with Gasteiger partial charge >= 0.3 is 23.9 Å². The molecule has 288 valence electrons. The minimum atomic E-state index is -0.969. The Labute approximate surface area is 323 Å². The normalized spacial score (nSPS) is 10.3. The Morgan fingerprint density at radius 3 is 0.714 bits per heavy atom. The molecule has 0 atom stereocenters. The van der Waals surface area contributed by atoms with Crippen molar-refractivity contribution in [2.45, 2.75) is 0 Å². The highest BCUT2D eigenvalue weighted by molar-refractivity contribution is 6.37. The van der Waals surface area contributed by atoms with Gasteiger partial charge in [0.25, 0.3) is 0 Å². The second kappa shape index (κ2) is 22.2. The number of esters is 4. The number of benzene rings is 5. The van der Waals surface area contributed by atoms with Crippen LogP contribution in [0.2, 0.25) is 0 Å². The molecule has 5 aromatic carbocycles. The summed E-state index contributed by atoms with van der Waals surface area (Å²) in [6.07, 6.45) is 0. The molecule has 0 fully saturated rings. The second-order valence-electron chi connectivity index (χ2n) is 11.5. The maximum Gasteiger partial charge on any atom is 0.346 e. The van der Waals surface area contributed by atoms with Gasteiger partial charge in [0, 0.05) is 0 Å². The first-order valence-electron chi connectivity index (χ1n) is 17.7. The molecule has 56 heavy (non-hydrogen) atoms. The number of hydrogen-bond acceptors (Lipinski definition) is 12. The van der Waals surface area contributed by atoms with E-state index in [9.17, 15) is 19.2 Å². The monoisotopic (exact) mass is 760 g/mol. The Hall–Kier alpha value is -7.08. The SMILES string of the molecule is O=C(OCCOc1ccccc1)C(C(=O)OCCOc1ccccc1)=c1ccc(=C(C(=O)OCCOc2ccccc2)C(=O)OCCOc2ccccc2)cc1. The lowest BCUT2D eigenvalue weighted by molar-refractivity contribution is -0.145. The minimum Gasteiger partial charge on any atom is -0.490 e. The molecule has 0 radical (unpaired) electrons. The Morgan fingerprint density at radius 1 is 0.286 bits per heavy atom. The zero-order chi connectivity index (χ0) is 39.2. The molecule has 0 amide bonds. The zero-order valence-electron chi connectivity index (χ0n) is 30.4. The van der Waals surface area contributed by atoms with Gasteiger partial charge in [0.15, 0.2) is 11.1 Å². The molecule has 12 heteroatoms. The number of rotatable bonds is 20. The highest BCUT2D eigenvalue weighted by atomic mass is 16.6. The van der Waals surface area contributed by atoms with Crippen LogP contribution in [0.15, 0.2) is 146 Å². The Kier molecular flexibility index (Phi) is 15.9. The standard InChI is InChI=1S/C44H40O12/c45-41(53-29-25-49-35-13-5-1-6-14-35)39(42(46)54-30-26-50-36-15-7-2-8-16-36)33-21-23-34(24-22-33)40(43(47)55-31-27-51-37-17-9-3-10-18-37)44(48)56-32-28-52-38-19-11-4-12-20-38/h1-24H,25-32H2. The summed E-state index contributed by atoms with van der Waals surface area (Å²) < 4.78 is 44.0. The van der Waals surface area contributed by atoms with E-state index < -0.39 is 35.0 Å². The van der Waals surface area contributed by atoms with Crippen LogP contribution in [0.1, 0.15) is 0 Å². The van der Waals surface area contributed by atoms with Crippen molar-refractivity contribution in [3.8, 4) is 23.0 Å². The van der Waals surface area contributed by atoms with Crippen LogP contribution in [0.5, 0.6) is 23.0 Å². The molecule has 5 aromatic rings. The molecule has 0 aliphatic heterocycles. The molecule has 5 rings (SSSR count). The third-order valence-corrected chi connectivity index (χ3v) is 7.59. The number of carbonyl (C=O) groups excluding carboxylic acids is 4. The van der Waals surface area contributed by atoms with E-state index in [1.807, 2.05) is 24.3 Å². The molecule has 0 aliphatic rings. The summed E-state index contributed by atoms with van der Waals surface area (Å²) in [5.41, 5.74) is -0.836. The fraction of sp³-hybridized carbons (Fsp3) is 0.182.